The van der Waals surface area contributed by atoms with E-state index in [1.54, 1.807) is 55.2 Å². The van der Waals surface area contributed by atoms with Crippen molar-refractivity contribution in [1.29, 1.82) is 0 Å². The number of para-hydroxylation sites is 2. The Kier molecular flexibility index (Phi) is 8.79. The maximum absolute atomic E-state index is 13.0. The summed E-state index contributed by atoms with van der Waals surface area (Å²) in [5.74, 6) is 0.141. The van der Waals surface area contributed by atoms with Crippen LogP contribution in [0.1, 0.15) is 45.2 Å². The highest BCUT2D eigenvalue weighted by Crippen LogP contribution is 2.36. The van der Waals surface area contributed by atoms with E-state index in [9.17, 15) is 18.0 Å². The van der Waals surface area contributed by atoms with Crippen LogP contribution >= 0.6 is 0 Å². The van der Waals surface area contributed by atoms with Crippen LogP contribution in [-0.4, -0.2) is 33.4 Å². The van der Waals surface area contributed by atoms with E-state index in [4.69, 9.17) is 4.74 Å². The van der Waals surface area contributed by atoms with Crippen LogP contribution in [0, 0.1) is 0 Å². The van der Waals surface area contributed by atoms with E-state index in [1.165, 1.54) is 12.1 Å². The Hall–Kier alpha value is -5.16. The number of benzene rings is 3. The standard InChI is InChI=1S/C34H30F3N5O3/c35-34(36,37)45-31-7-2-1-4-27(31)25-10-8-24(9-11-25)21-42-22-39-19-26(42)20-40-30-14-17-44-32-28(30)5-3-6-29(32)33(43)41-18-23-12-15-38-16-13-23/h1-13,15-16,19,22,30,40H,14,17-18,20-21H2,(H,41,43). The number of alkyl halides is 3. The number of nitrogens with one attached hydrogen (secondary N) is 2. The molecule has 0 bridgehead atoms. The number of nitrogens with zero attached hydrogens (tertiary/aromatic N) is 3. The highest BCUT2D eigenvalue weighted by Gasteiger charge is 2.32. The van der Waals surface area contributed by atoms with E-state index >= 15 is 0 Å². The van der Waals surface area contributed by atoms with Crippen LogP contribution < -0.4 is 20.1 Å². The number of amides is 1. The molecule has 2 N–H and O–H groups in total. The Morgan fingerprint density at radius 1 is 0.933 bits per heavy atom. The third-order valence-corrected chi connectivity index (χ3v) is 7.58. The molecule has 0 radical (unpaired) electrons. The topological polar surface area (TPSA) is 90.3 Å². The Bertz CT molecular complexity index is 1760. The Morgan fingerprint density at radius 3 is 2.53 bits per heavy atom. The predicted molar refractivity (Wildman–Crippen MR) is 161 cm³/mol. The van der Waals surface area contributed by atoms with Crippen molar-refractivity contribution in [2.75, 3.05) is 6.61 Å². The van der Waals surface area contributed by atoms with E-state index in [1.807, 2.05) is 41.0 Å². The molecule has 2 aromatic heterocycles. The smallest absolute Gasteiger partial charge is 0.492 e. The second kappa shape index (κ2) is 13.2. The lowest BCUT2D eigenvalue weighted by Gasteiger charge is -2.28. The second-order valence-corrected chi connectivity index (χ2v) is 10.6. The normalized spacial score (nSPS) is 14.3. The van der Waals surface area contributed by atoms with Gasteiger partial charge in [0.25, 0.3) is 5.91 Å². The molecule has 5 aromatic rings. The number of carbonyl (C=O) groups is 1. The van der Waals surface area contributed by atoms with Crippen LogP contribution in [0.3, 0.4) is 0 Å². The van der Waals surface area contributed by atoms with E-state index in [0.717, 1.165) is 28.8 Å². The fourth-order valence-electron chi connectivity index (χ4n) is 5.36. The van der Waals surface area contributed by atoms with Crippen LogP contribution in [0.25, 0.3) is 11.1 Å². The van der Waals surface area contributed by atoms with Gasteiger partial charge < -0.3 is 24.7 Å². The van der Waals surface area contributed by atoms with Gasteiger partial charge >= 0.3 is 6.36 Å². The minimum atomic E-state index is -4.77. The van der Waals surface area contributed by atoms with Gasteiger partial charge in [-0.2, -0.15) is 0 Å². The molecule has 1 atom stereocenters. The van der Waals surface area contributed by atoms with Gasteiger partial charge in [-0.15, -0.1) is 13.2 Å². The molecule has 11 heteroatoms. The summed E-state index contributed by atoms with van der Waals surface area (Å²) in [5.41, 5.74) is 5.28. The highest BCUT2D eigenvalue weighted by atomic mass is 19.4. The van der Waals surface area contributed by atoms with Crippen LogP contribution in [0.2, 0.25) is 0 Å². The largest absolute Gasteiger partial charge is 0.573 e. The molecule has 1 aliphatic rings. The molecule has 1 aliphatic heterocycles. The molecule has 6 rings (SSSR count). The van der Waals surface area contributed by atoms with Crippen molar-refractivity contribution in [2.24, 2.45) is 0 Å². The summed E-state index contributed by atoms with van der Waals surface area (Å²) in [7, 11) is 0. The number of pyridine rings is 1. The zero-order valence-electron chi connectivity index (χ0n) is 24.1. The minimum Gasteiger partial charge on any atom is -0.492 e. The molecule has 0 spiro atoms. The average molecular weight is 614 g/mol. The maximum atomic E-state index is 13.0. The summed E-state index contributed by atoms with van der Waals surface area (Å²) in [5, 5.41) is 6.56. The summed E-state index contributed by atoms with van der Waals surface area (Å²) in [6, 6.07) is 22.7. The number of imidazole rings is 1. The quantitative estimate of drug-likeness (QED) is 0.189. The third kappa shape index (κ3) is 7.32. The fourth-order valence-corrected chi connectivity index (χ4v) is 5.36. The molecule has 3 heterocycles. The summed E-state index contributed by atoms with van der Waals surface area (Å²) in [4.78, 5) is 21.4. The van der Waals surface area contributed by atoms with Crippen molar-refractivity contribution < 1.29 is 27.4 Å². The fraction of sp³-hybridized carbons (Fsp3) is 0.206. The van der Waals surface area contributed by atoms with E-state index in [2.05, 4.69) is 25.3 Å². The molecular formula is C34H30F3N5O3. The van der Waals surface area contributed by atoms with Crippen LogP contribution in [0.5, 0.6) is 11.5 Å². The number of rotatable bonds is 10. The lowest BCUT2D eigenvalue weighted by Crippen LogP contribution is -2.30. The zero-order valence-corrected chi connectivity index (χ0v) is 24.1. The van der Waals surface area contributed by atoms with Gasteiger partial charge in [0.05, 0.1) is 24.2 Å². The molecule has 1 unspecified atom stereocenters. The number of hydrogen-bond donors (Lipinski definition) is 2. The number of aromatic nitrogens is 3. The van der Waals surface area contributed by atoms with Gasteiger partial charge in [0.2, 0.25) is 0 Å². The van der Waals surface area contributed by atoms with Gasteiger partial charge in [0.15, 0.2) is 0 Å². The summed E-state index contributed by atoms with van der Waals surface area (Å²) in [6.07, 6.45) is 2.90. The van der Waals surface area contributed by atoms with Crippen molar-refractivity contribution in [3.05, 3.63) is 132 Å². The molecular weight excluding hydrogens is 583 g/mol. The lowest BCUT2D eigenvalue weighted by atomic mass is 9.97. The van der Waals surface area contributed by atoms with Crippen LogP contribution in [-0.2, 0) is 19.6 Å². The first kappa shape index (κ1) is 29.9. The highest BCUT2D eigenvalue weighted by molar-refractivity contribution is 5.97. The number of fused-ring (bicyclic) bond motifs is 1. The molecule has 3 aromatic carbocycles. The van der Waals surface area contributed by atoms with Crippen molar-refractivity contribution in [2.45, 2.75) is 38.5 Å². The number of carbonyl (C=O) groups excluding carboxylic acids is 1. The predicted octanol–water partition coefficient (Wildman–Crippen LogP) is 6.44. The summed E-state index contributed by atoms with van der Waals surface area (Å²) < 4.78 is 50.8. The Labute approximate surface area is 257 Å². The van der Waals surface area contributed by atoms with E-state index in [0.29, 0.717) is 48.7 Å². The molecule has 45 heavy (non-hydrogen) atoms. The summed E-state index contributed by atoms with van der Waals surface area (Å²) in [6.45, 7) is 1.92. The SMILES string of the molecule is O=C(NCc1ccncc1)c1cccc2c1OCCC2NCc1cncn1Cc1ccc(-c2ccccc2OC(F)(F)F)cc1. The zero-order chi connectivity index (χ0) is 31.2. The molecule has 0 saturated heterocycles. The molecule has 8 nitrogen and oxygen atoms in total. The molecule has 0 fully saturated rings. The molecule has 0 saturated carbocycles. The van der Waals surface area contributed by atoms with Gasteiger partial charge in [-0.3, -0.25) is 9.78 Å². The number of halogens is 3. The monoisotopic (exact) mass is 613 g/mol. The second-order valence-electron chi connectivity index (χ2n) is 10.6. The van der Waals surface area contributed by atoms with Gasteiger partial charge in [0, 0.05) is 61.8 Å². The lowest BCUT2D eigenvalue weighted by molar-refractivity contribution is -0.274. The van der Waals surface area contributed by atoms with Gasteiger partial charge in [-0.05, 0) is 41.0 Å². The van der Waals surface area contributed by atoms with Crippen molar-refractivity contribution in [1.82, 2.24) is 25.2 Å². The first-order valence-corrected chi connectivity index (χ1v) is 14.4. The van der Waals surface area contributed by atoms with E-state index < -0.39 is 6.36 Å². The van der Waals surface area contributed by atoms with Crippen LogP contribution in [0.15, 0.2) is 104 Å². The van der Waals surface area contributed by atoms with Crippen molar-refractivity contribution in [3.8, 4) is 22.6 Å². The molecule has 0 aliphatic carbocycles. The maximum Gasteiger partial charge on any atom is 0.573 e. The summed E-state index contributed by atoms with van der Waals surface area (Å²) >= 11 is 0. The Balaban J connectivity index is 1.10. The molecule has 1 amide bonds. The van der Waals surface area contributed by atoms with Crippen LogP contribution in [0.4, 0.5) is 13.2 Å². The van der Waals surface area contributed by atoms with Gasteiger partial charge in [-0.25, -0.2) is 4.98 Å². The molecule has 230 valence electrons. The number of ether oxygens (including phenoxy) is 2. The number of hydrogen-bond acceptors (Lipinski definition) is 6. The minimum absolute atomic E-state index is 0.0247. The van der Waals surface area contributed by atoms with Gasteiger partial charge in [0.1, 0.15) is 11.5 Å². The van der Waals surface area contributed by atoms with Crippen molar-refractivity contribution >= 4 is 5.91 Å². The first-order valence-electron chi connectivity index (χ1n) is 14.4. The van der Waals surface area contributed by atoms with Gasteiger partial charge in [-0.1, -0.05) is 54.6 Å². The Morgan fingerprint density at radius 2 is 1.73 bits per heavy atom. The van der Waals surface area contributed by atoms with Crippen molar-refractivity contribution in [3.63, 3.8) is 0 Å². The first-order chi connectivity index (χ1) is 21.8. The van der Waals surface area contributed by atoms with E-state index in [-0.39, 0.29) is 17.7 Å². The third-order valence-electron chi connectivity index (χ3n) is 7.58. The average Bonchev–Trinajstić information content (AvgIpc) is 3.49.